The molecule has 0 saturated heterocycles. The van der Waals surface area contributed by atoms with Gasteiger partial charge in [0.15, 0.2) is 0 Å². The maximum Gasteiger partial charge on any atom is 0.104 e. The Labute approximate surface area is 85.1 Å². The monoisotopic (exact) mass is 200 g/mol. The summed E-state index contributed by atoms with van der Waals surface area (Å²) in [5.74, 6) is 2.26. The molecule has 0 N–H and O–H groups in total. The Morgan fingerprint density at radius 3 is 2.62 bits per heavy atom. The third kappa shape index (κ3) is 2.50. The summed E-state index contributed by atoms with van der Waals surface area (Å²) in [6, 6.07) is 3.93. The van der Waals surface area contributed by atoms with Crippen molar-refractivity contribution in [1.29, 1.82) is 0 Å². The summed E-state index contributed by atoms with van der Waals surface area (Å²) in [7, 11) is 0. The highest BCUT2D eigenvalue weighted by Crippen LogP contribution is 2.32. The van der Waals surface area contributed by atoms with Crippen molar-refractivity contribution in [2.24, 2.45) is 11.3 Å². The molecule has 0 aliphatic rings. The standard InChI is InChI=1S/C11H17ClO/c1-9(2)11(3,8-12)7-10-5-4-6-13-10/h4-6,9H,7-8H2,1-3H3. The number of hydrogen-bond acceptors (Lipinski definition) is 1. The van der Waals surface area contributed by atoms with Crippen molar-refractivity contribution in [2.45, 2.75) is 27.2 Å². The number of alkyl halides is 1. The lowest BCUT2D eigenvalue weighted by Gasteiger charge is -2.30. The maximum atomic E-state index is 5.98. The molecule has 2 heteroatoms. The van der Waals surface area contributed by atoms with Crippen molar-refractivity contribution in [1.82, 2.24) is 0 Å². The van der Waals surface area contributed by atoms with Crippen LogP contribution in [0.5, 0.6) is 0 Å². The van der Waals surface area contributed by atoms with E-state index in [1.807, 2.05) is 12.1 Å². The average Bonchev–Trinajstić information content (AvgIpc) is 2.56. The molecule has 0 aliphatic carbocycles. The lowest BCUT2D eigenvalue weighted by Crippen LogP contribution is -2.28. The normalized spacial score (nSPS) is 16.1. The largest absolute Gasteiger partial charge is 0.469 e. The summed E-state index contributed by atoms with van der Waals surface area (Å²) in [4.78, 5) is 0. The third-order valence-corrected chi connectivity index (χ3v) is 3.47. The van der Waals surface area contributed by atoms with Crippen LogP contribution >= 0.6 is 11.6 Å². The van der Waals surface area contributed by atoms with E-state index < -0.39 is 0 Å². The molecule has 0 aromatic carbocycles. The van der Waals surface area contributed by atoms with Gasteiger partial charge in [0, 0.05) is 12.3 Å². The predicted octanol–water partition coefficient (Wildman–Crippen LogP) is 3.72. The van der Waals surface area contributed by atoms with Crippen LogP contribution in [0.4, 0.5) is 0 Å². The van der Waals surface area contributed by atoms with Crippen molar-refractivity contribution < 1.29 is 4.42 Å². The predicted molar refractivity (Wildman–Crippen MR) is 56.1 cm³/mol. The minimum Gasteiger partial charge on any atom is -0.469 e. The zero-order valence-corrected chi connectivity index (χ0v) is 9.27. The van der Waals surface area contributed by atoms with Gasteiger partial charge in [0.1, 0.15) is 5.76 Å². The van der Waals surface area contributed by atoms with Crippen LogP contribution in [-0.2, 0) is 6.42 Å². The van der Waals surface area contributed by atoms with Crippen molar-refractivity contribution in [3.05, 3.63) is 24.2 Å². The molecule has 1 nitrogen and oxygen atoms in total. The smallest absolute Gasteiger partial charge is 0.104 e. The van der Waals surface area contributed by atoms with E-state index in [1.165, 1.54) is 0 Å². The van der Waals surface area contributed by atoms with E-state index in [-0.39, 0.29) is 5.41 Å². The molecule has 1 unspecified atom stereocenters. The van der Waals surface area contributed by atoms with E-state index in [2.05, 4.69) is 20.8 Å². The van der Waals surface area contributed by atoms with Gasteiger partial charge in [-0.3, -0.25) is 0 Å². The molecule has 74 valence electrons. The molecular formula is C11H17ClO. The van der Waals surface area contributed by atoms with E-state index in [9.17, 15) is 0 Å². The molecule has 1 aromatic rings. The highest BCUT2D eigenvalue weighted by molar-refractivity contribution is 6.18. The van der Waals surface area contributed by atoms with E-state index in [1.54, 1.807) is 6.26 Å². The van der Waals surface area contributed by atoms with Crippen LogP contribution in [0.15, 0.2) is 22.8 Å². The minimum atomic E-state index is 0.138. The first-order valence-corrected chi connectivity index (χ1v) is 5.20. The van der Waals surface area contributed by atoms with E-state index in [4.69, 9.17) is 16.0 Å². The lowest BCUT2D eigenvalue weighted by molar-refractivity contribution is 0.236. The molecule has 1 aromatic heterocycles. The topological polar surface area (TPSA) is 13.1 Å². The van der Waals surface area contributed by atoms with Gasteiger partial charge >= 0.3 is 0 Å². The molecule has 13 heavy (non-hydrogen) atoms. The van der Waals surface area contributed by atoms with E-state index >= 15 is 0 Å². The van der Waals surface area contributed by atoms with Crippen LogP contribution in [0.1, 0.15) is 26.5 Å². The van der Waals surface area contributed by atoms with Crippen molar-refractivity contribution >= 4 is 11.6 Å². The number of furan rings is 1. The molecule has 0 fully saturated rings. The summed E-state index contributed by atoms with van der Waals surface area (Å²) in [6.45, 7) is 6.60. The Balaban J connectivity index is 2.69. The summed E-state index contributed by atoms with van der Waals surface area (Å²) >= 11 is 5.98. The summed E-state index contributed by atoms with van der Waals surface area (Å²) < 4.78 is 5.32. The first kappa shape index (κ1) is 10.6. The summed E-state index contributed by atoms with van der Waals surface area (Å²) in [5.41, 5.74) is 0.138. The lowest BCUT2D eigenvalue weighted by atomic mass is 9.77. The Bertz CT molecular complexity index is 241. The quantitative estimate of drug-likeness (QED) is 0.676. The first-order chi connectivity index (χ1) is 6.08. The van der Waals surface area contributed by atoms with Gasteiger partial charge < -0.3 is 4.42 Å². The van der Waals surface area contributed by atoms with E-state index in [0.717, 1.165) is 12.2 Å². The Kier molecular flexibility index (Phi) is 3.43. The second-order valence-electron chi connectivity index (χ2n) is 4.20. The molecule has 0 amide bonds. The minimum absolute atomic E-state index is 0.138. The van der Waals surface area contributed by atoms with Crippen molar-refractivity contribution in [2.75, 3.05) is 5.88 Å². The van der Waals surface area contributed by atoms with Crippen molar-refractivity contribution in [3.63, 3.8) is 0 Å². The van der Waals surface area contributed by atoms with Crippen LogP contribution in [0, 0.1) is 11.3 Å². The molecular weight excluding hydrogens is 184 g/mol. The first-order valence-electron chi connectivity index (χ1n) is 4.67. The zero-order chi connectivity index (χ0) is 9.90. The van der Waals surface area contributed by atoms with Gasteiger partial charge in [0.05, 0.1) is 6.26 Å². The fourth-order valence-electron chi connectivity index (χ4n) is 1.22. The molecule has 0 saturated carbocycles. The van der Waals surface area contributed by atoms with Crippen LogP contribution in [0.2, 0.25) is 0 Å². The molecule has 1 rings (SSSR count). The highest BCUT2D eigenvalue weighted by Gasteiger charge is 2.28. The van der Waals surface area contributed by atoms with Gasteiger partial charge in [-0.05, 0) is 23.5 Å². The fraction of sp³-hybridized carbons (Fsp3) is 0.636. The van der Waals surface area contributed by atoms with Gasteiger partial charge in [-0.25, -0.2) is 0 Å². The van der Waals surface area contributed by atoms with Gasteiger partial charge in [-0.1, -0.05) is 20.8 Å². The van der Waals surface area contributed by atoms with Crippen LogP contribution in [0.3, 0.4) is 0 Å². The van der Waals surface area contributed by atoms with Crippen LogP contribution < -0.4 is 0 Å². The zero-order valence-electron chi connectivity index (χ0n) is 8.51. The average molecular weight is 201 g/mol. The van der Waals surface area contributed by atoms with E-state index in [0.29, 0.717) is 11.8 Å². The summed E-state index contributed by atoms with van der Waals surface area (Å²) in [5, 5.41) is 0. The summed E-state index contributed by atoms with van der Waals surface area (Å²) in [6.07, 6.45) is 2.63. The van der Waals surface area contributed by atoms with Gasteiger partial charge in [0.25, 0.3) is 0 Å². The Hall–Kier alpha value is -0.430. The third-order valence-electron chi connectivity index (χ3n) is 2.86. The fourth-order valence-corrected chi connectivity index (χ4v) is 1.62. The SMILES string of the molecule is CC(C)C(C)(CCl)Cc1ccco1. The molecule has 0 radical (unpaired) electrons. The molecule has 0 aliphatic heterocycles. The molecule has 0 bridgehead atoms. The second-order valence-corrected chi connectivity index (χ2v) is 4.47. The number of rotatable bonds is 4. The Morgan fingerprint density at radius 1 is 1.54 bits per heavy atom. The Morgan fingerprint density at radius 2 is 2.23 bits per heavy atom. The highest BCUT2D eigenvalue weighted by atomic mass is 35.5. The van der Waals surface area contributed by atoms with Gasteiger partial charge in [-0.15, -0.1) is 11.6 Å². The van der Waals surface area contributed by atoms with Crippen LogP contribution in [-0.4, -0.2) is 5.88 Å². The molecule has 1 heterocycles. The molecule has 0 spiro atoms. The van der Waals surface area contributed by atoms with Gasteiger partial charge in [-0.2, -0.15) is 0 Å². The van der Waals surface area contributed by atoms with Gasteiger partial charge in [0.2, 0.25) is 0 Å². The van der Waals surface area contributed by atoms with Crippen molar-refractivity contribution in [3.8, 4) is 0 Å². The van der Waals surface area contributed by atoms with Crippen LogP contribution in [0.25, 0.3) is 0 Å². The number of hydrogen-bond donors (Lipinski definition) is 0. The number of halogens is 1. The molecule has 1 atom stereocenters. The second kappa shape index (κ2) is 4.19. The maximum absolute atomic E-state index is 5.98.